The van der Waals surface area contributed by atoms with Crippen molar-refractivity contribution in [3.63, 3.8) is 0 Å². The van der Waals surface area contributed by atoms with Crippen molar-refractivity contribution in [1.29, 1.82) is 0 Å². The number of benzene rings is 1. The van der Waals surface area contributed by atoms with Crippen molar-refractivity contribution in [2.75, 3.05) is 57.9 Å². The van der Waals surface area contributed by atoms with Crippen molar-refractivity contribution in [2.24, 2.45) is 0 Å². The van der Waals surface area contributed by atoms with E-state index in [9.17, 15) is 17.9 Å². The standard InChI is InChI=1S/C17H27FN2O4S/c1-25(22,23)11-10-19-6-8-20(9-7-19)12-16(21)14-24-13-15-4-2-3-5-17(15)18/h2-5,16,21H,6-14H2,1H3/t16-/m0/s1. The van der Waals surface area contributed by atoms with Gasteiger partial charge in [0.1, 0.15) is 15.7 Å². The molecule has 0 aromatic heterocycles. The summed E-state index contributed by atoms with van der Waals surface area (Å²) in [6.07, 6.45) is 0.621. The highest BCUT2D eigenvalue weighted by atomic mass is 32.2. The van der Waals surface area contributed by atoms with Crippen LogP contribution in [-0.2, 0) is 21.2 Å². The first-order chi connectivity index (χ1) is 11.8. The second-order valence-electron chi connectivity index (χ2n) is 6.53. The Morgan fingerprint density at radius 2 is 1.84 bits per heavy atom. The van der Waals surface area contributed by atoms with E-state index < -0.39 is 15.9 Å². The van der Waals surface area contributed by atoms with Gasteiger partial charge >= 0.3 is 0 Å². The molecule has 0 spiro atoms. The average molecular weight is 374 g/mol. The molecule has 0 saturated carbocycles. The summed E-state index contributed by atoms with van der Waals surface area (Å²) in [5.41, 5.74) is 0.481. The molecule has 1 saturated heterocycles. The maximum absolute atomic E-state index is 13.5. The molecule has 0 amide bonds. The summed E-state index contributed by atoms with van der Waals surface area (Å²) in [6.45, 7) is 4.50. The Kier molecular flexibility index (Phi) is 7.77. The lowest BCUT2D eigenvalue weighted by Gasteiger charge is -2.35. The van der Waals surface area contributed by atoms with Crippen molar-refractivity contribution < 1.29 is 22.7 Å². The Balaban J connectivity index is 1.62. The molecule has 25 heavy (non-hydrogen) atoms. The van der Waals surface area contributed by atoms with E-state index in [1.807, 2.05) is 0 Å². The number of halogens is 1. The molecule has 6 nitrogen and oxygen atoms in total. The van der Waals surface area contributed by atoms with Crippen LogP contribution >= 0.6 is 0 Å². The van der Waals surface area contributed by atoms with Gasteiger partial charge in [-0.15, -0.1) is 0 Å². The summed E-state index contributed by atoms with van der Waals surface area (Å²) in [5.74, 6) is -0.123. The summed E-state index contributed by atoms with van der Waals surface area (Å²) in [6, 6.07) is 6.43. The first kappa shape index (κ1) is 20.3. The third-order valence-electron chi connectivity index (χ3n) is 4.24. The quantitative estimate of drug-likeness (QED) is 0.673. The summed E-state index contributed by atoms with van der Waals surface area (Å²) < 4.78 is 41.3. The van der Waals surface area contributed by atoms with Gasteiger partial charge in [-0.1, -0.05) is 18.2 Å². The molecular formula is C17H27FN2O4S. The lowest BCUT2D eigenvalue weighted by atomic mass is 10.2. The number of ether oxygens (including phenoxy) is 1. The van der Waals surface area contributed by atoms with Crippen molar-refractivity contribution >= 4 is 9.84 Å². The van der Waals surface area contributed by atoms with Gasteiger partial charge in [-0.05, 0) is 6.07 Å². The predicted molar refractivity (Wildman–Crippen MR) is 94.7 cm³/mol. The minimum atomic E-state index is -2.93. The largest absolute Gasteiger partial charge is 0.389 e. The second kappa shape index (κ2) is 9.59. The zero-order valence-corrected chi connectivity index (χ0v) is 15.4. The van der Waals surface area contributed by atoms with Gasteiger partial charge in [0, 0.05) is 51.1 Å². The van der Waals surface area contributed by atoms with Crippen LogP contribution in [0.4, 0.5) is 4.39 Å². The minimum Gasteiger partial charge on any atom is -0.389 e. The molecule has 0 bridgehead atoms. The van der Waals surface area contributed by atoms with Gasteiger partial charge in [0.05, 0.1) is 25.1 Å². The Morgan fingerprint density at radius 1 is 1.20 bits per heavy atom. The van der Waals surface area contributed by atoms with E-state index in [4.69, 9.17) is 4.74 Å². The second-order valence-corrected chi connectivity index (χ2v) is 8.79. The van der Waals surface area contributed by atoms with E-state index in [0.29, 0.717) is 18.7 Å². The fourth-order valence-corrected chi connectivity index (χ4v) is 3.35. The summed E-state index contributed by atoms with van der Waals surface area (Å²) in [4.78, 5) is 4.26. The lowest BCUT2D eigenvalue weighted by Crippen LogP contribution is -2.49. The van der Waals surface area contributed by atoms with Gasteiger partial charge in [-0.3, -0.25) is 9.80 Å². The smallest absolute Gasteiger partial charge is 0.148 e. The SMILES string of the molecule is CS(=O)(=O)CCN1CCN(C[C@H](O)COCc2ccccc2F)CC1. The van der Waals surface area contributed by atoms with Crippen LogP contribution < -0.4 is 0 Å². The molecule has 1 N–H and O–H groups in total. The van der Waals surface area contributed by atoms with E-state index in [-0.39, 0.29) is 24.8 Å². The van der Waals surface area contributed by atoms with Crippen molar-refractivity contribution in [3.05, 3.63) is 35.6 Å². The van der Waals surface area contributed by atoms with Crippen LogP contribution in [0.3, 0.4) is 0 Å². The molecule has 142 valence electrons. The average Bonchev–Trinajstić information content (AvgIpc) is 2.55. The first-order valence-corrected chi connectivity index (χ1v) is 10.5. The molecule has 1 atom stereocenters. The third kappa shape index (κ3) is 7.79. The zero-order chi connectivity index (χ0) is 18.3. The predicted octanol–water partition coefficient (Wildman–Crippen LogP) is 0.365. The maximum Gasteiger partial charge on any atom is 0.148 e. The zero-order valence-electron chi connectivity index (χ0n) is 14.6. The number of β-amino-alcohol motifs (C(OH)–C–C–N with tert-alkyl or cyclic N) is 1. The molecule has 1 aliphatic rings. The summed E-state index contributed by atoms with van der Waals surface area (Å²) in [7, 11) is -2.93. The number of aliphatic hydroxyl groups is 1. The van der Waals surface area contributed by atoms with Crippen LogP contribution in [0.15, 0.2) is 24.3 Å². The van der Waals surface area contributed by atoms with E-state index in [1.165, 1.54) is 12.3 Å². The Hall–Kier alpha value is -1.06. The van der Waals surface area contributed by atoms with Gasteiger partial charge < -0.3 is 9.84 Å². The van der Waals surface area contributed by atoms with Crippen molar-refractivity contribution in [1.82, 2.24) is 9.80 Å². The third-order valence-corrected chi connectivity index (χ3v) is 5.16. The van der Waals surface area contributed by atoms with Crippen LogP contribution in [-0.4, -0.2) is 87.3 Å². The molecule has 0 radical (unpaired) electrons. The van der Waals surface area contributed by atoms with Gasteiger partial charge in [0.15, 0.2) is 0 Å². The number of aliphatic hydroxyl groups excluding tert-OH is 1. The van der Waals surface area contributed by atoms with Crippen LogP contribution in [0, 0.1) is 5.82 Å². The number of sulfone groups is 1. The Labute approximate surface area is 149 Å². The molecule has 0 unspecified atom stereocenters. The highest BCUT2D eigenvalue weighted by Crippen LogP contribution is 2.08. The number of nitrogens with zero attached hydrogens (tertiary/aromatic N) is 2. The van der Waals surface area contributed by atoms with Crippen LogP contribution in [0.5, 0.6) is 0 Å². The van der Waals surface area contributed by atoms with E-state index in [2.05, 4.69) is 9.80 Å². The van der Waals surface area contributed by atoms with E-state index >= 15 is 0 Å². The van der Waals surface area contributed by atoms with Crippen molar-refractivity contribution in [3.8, 4) is 0 Å². The van der Waals surface area contributed by atoms with Crippen LogP contribution in [0.2, 0.25) is 0 Å². The van der Waals surface area contributed by atoms with Gasteiger partial charge in [-0.2, -0.15) is 0 Å². The Bertz CT molecular complexity index is 633. The molecular weight excluding hydrogens is 347 g/mol. The topological polar surface area (TPSA) is 70.1 Å². The van der Waals surface area contributed by atoms with Crippen LogP contribution in [0.25, 0.3) is 0 Å². The molecule has 2 rings (SSSR count). The summed E-state index contributed by atoms with van der Waals surface area (Å²) in [5, 5.41) is 10.1. The van der Waals surface area contributed by atoms with Gasteiger partial charge in [0.25, 0.3) is 0 Å². The van der Waals surface area contributed by atoms with E-state index in [0.717, 1.165) is 26.2 Å². The fraction of sp³-hybridized carbons (Fsp3) is 0.647. The number of piperazine rings is 1. The highest BCUT2D eigenvalue weighted by molar-refractivity contribution is 7.90. The molecule has 1 aromatic carbocycles. The summed E-state index contributed by atoms with van der Waals surface area (Å²) >= 11 is 0. The van der Waals surface area contributed by atoms with E-state index in [1.54, 1.807) is 18.2 Å². The van der Waals surface area contributed by atoms with Crippen LogP contribution in [0.1, 0.15) is 5.56 Å². The molecule has 1 aliphatic heterocycles. The number of hydrogen-bond acceptors (Lipinski definition) is 6. The molecule has 0 aliphatic carbocycles. The molecule has 1 aromatic rings. The van der Waals surface area contributed by atoms with Gasteiger partial charge in [0.2, 0.25) is 0 Å². The highest BCUT2D eigenvalue weighted by Gasteiger charge is 2.20. The maximum atomic E-state index is 13.5. The molecule has 1 fully saturated rings. The fourth-order valence-electron chi connectivity index (χ4n) is 2.76. The normalized spacial score (nSPS) is 18.4. The molecule has 1 heterocycles. The lowest BCUT2D eigenvalue weighted by molar-refractivity contribution is 0.00118. The van der Waals surface area contributed by atoms with Crippen molar-refractivity contribution in [2.45, 2.75) is 12.7 Å². The monoisotopic (exact) mass is 374 g/mol. The minimum absolute atomic E-state index is 0.142. The number of rotatable bonds is 9. The number of hydrogen-bond donors (Lipinski definition) is 1. The Morgan fingerprint density at radius 3 is 2.48 bits per heavy atom. The molecule has 8 heteroatoms. The first-order valence-electron chi connectivity index (χ1n) is 8.45. The van der Waals surface area contributed by atoms with Gasteiger partial charge in [-0.25, -0.2) is 12.8 Å².